The van der Waals surface area contributed by atoms with Crippen molar-refractivity contribution in [3.05, 3.63) is 28.7 Å². The first-order chi connectivity index (χ1) is 12.5. The van der Waals surface area contributed by atoms with Crippen LogP contribution in [0.25, 0.3) is 0 Å². The minimum Gasteiger partial charge on any atom is -0.377 e. The Morgan fingerprint density at radius 2 is 2.08 bits per heavy atom. The Morgan fingerprint density at radius 1 is 1.27 bits per heavy atom. The molecule has 2 N–H and O–H groups in total. The highest BCUT2D eigenvalue weighted by Crippen LogP contribution is 2.52. The zero-order valence-corrected chi connectivity index (χ0v) is 17.4. The predicted molar refractivity (Wildman–Crippen MR) is 110 cm³/mol. The molecule has 0 radical (unpaired) electrons. The van der Waals surface area contributed by atoms with Gasteiger partial charge in [0.25, 0.3) is 0 Å². The molecule has 6 heteroatoms. The van der Waals surface area contributed by atoms with E-state index in [9.17, 15) is 0 Å². The van der Waals surface area contributed by atoms with E-state index in [0.717, 1.165) is 43.0 Å². The molecule has 26 heavy (non-hydrogen) atoms. The summed E-state index contributed by atoms with van der Waals surface area (Å²) in [4.78, 5) is 6.93. The van der Waals surface area contributed by atoms with Crippen LogP contribution in [0.2, 0.25) is 0 Å². The van der Waals surface area contributed by atoms with Crippen LogP contribution in [0, 0.1) is 11.3 Å². The molecule has 2 aliphatic heterocycles. The van der Waals surface area contributed by atoms with Gasteiger partial charge in [0.1, 0.15) is 0 Å². The zero-order chi connectivity index (χ0) is 18.3. The SMILES string of the molecule is CN=C(NC1CCN(c2ccccc2Br)C1)NC1C2CCOC2C1(C)C. The van der Waals surface area contributed by atoms with Gasteiger partial charge >= 0.3 is 0 Å². The van der Waals surface area contributed by atoms with Gasteiger partial charge in [-0.3, -0.25) is 4.99 Å². The second-order valence-corrected chi connectivity index (χ2v) is 9.14. The van der Waals surface area contributed by atoms with Gasteiger partial charge in [0.15, 0.2) is 5.96 Å². The number of nitrogens with one attached hydrogen (secondary N) is 2. The Kier molecular flexibility index (Phi) is 4.90. The van der Waals surface area contributed by atoms with Crippen LogP contribution in [0.3, 0.4) is 0 Å². The molecule has 0 bridgehead atoms. The van der Waals surface area contributed by atoms with Crippen molar-refractivity contribution in [2.75, 3.05) is 31.6 Å². The molecule has 1 aromatic rings. The van der Waals surface area contributed by atoms with Crippen molar-refractivity contribution in [3.8, 4) is 0 Å². The Labute approximate surface area is 164 Å². The van der Waals surface area contributed by atoms with Crippen LogP contribution in [-0.4, -0.2) is 50.9 Å². The zero-order valence-electron chi connectivity index (χ0n) is 15.8. The van der Waals surface area contributed by atoms with Gasteiger partial charge in [0.2, 0.25) is 0 Å². The number of anilines is 1. The second-order valence-electron chi connectivity index (χ2n) is 8.29. The number of fused-ring (bicyclic) bond motifs is 1. The molecule has 5 nitrogen and oxygen atoms in total. The number of guanidine groups is 1. The fraction of sp³-hybridized carbons (Fsp3) is 0.650. The monoisotopic (exact) mass is 420 g/mol. The standard InChI is InChI=1S/C20H29BrN4O/c1-20(2)17(14-9-11-26-18(14)20)24-19(22-3)23-13-8-10-25(12-13)16-7-5-4-6-15(16)21/h4-7,13-14,17-18H,8-12H2,1-3H3,(H2,22,23,24). The molecule has 1 saturated carbocycles. The van der Waals surface area contributed by atoms with E-state index in [1.807, 2.05) is 7.05 Å². The van der Waals surface area contributed by atoms with E-state index in [2.05, 4.69) is 74.6 Å². The lowest BCUT2D eigenvalue weighted by Crippen LogP contribution is -2.68. The third-order valence-electron chi connectivity index (χ3n) is 6.34. The summed E-state index contributed by atoms with van der Waals surface area (Å²) in [6.07, 6.45) is 2.67. The summed E-state index contributed by atoms with van der Waals surface area (Å²) in [6.45, 7) is 7.55. The molecule has 3 aliphatic rings. The fourth-order valence-electron chi connectivity index (χ4n) is 4.93. The Hall–Kier alpha value is -1.27. The third kappa shape index (κ3) is 3.11. The molecule has 4 rings (SSSR count). The molecule has 0 amide bonds. The topological polar surface area (TPSA) is 48.9 Å². The molecular weight excluding hydrogens is 392 g/mol. The van der Waals surface area contributed by atoms with E-state index in [-0.39, 0.29) is 5.41 Å². The van der Waals surface area contributed by atoms with Crippen molar-refractivity contribution in [1.82, 2.24) is 10.6 Å². The summed E-state index contributed by atoms with van der Waals surface area (Å²) in [5, 5.41) is 7.33. The third-order valence-corrected chi connectivity index (χ3v) is 7.01. The highest BCUT2D eigenvalue weighted by molar-refractivity contribution is 9.10. The van der Waals surface area contributed by atoms with Gasteiger partial charge in [-0.05, 0) is 40.9 Å². The number of aliphatic imine (C=N–C) groups is 1. The number of hydrogen-bond donors (Lipinski definition) is 2. The van der Waals surface area contributed by atoms with Crippen molar-refractivity contribution in [2.24, 2.45) is 16.3 Å². The molecule has 0 aromatic heterocycles. The van der Waals surface area contributed by atoms with E-state index >= 15 is 0 Å². The average molecular weight is 421 g/mol. The first-order valence-electron chi connectivity index (χ1n) is 9.61. The first-order valence-corrected chi connectivity index (χ1v) is 10.4. The van der Waals surface area contributed by atoms with E-state index in [4.69, 9.17) is 4.74 Å². The van der Waals surface area contributed by atoms with Crippen LogP contribution in [0.1, 0.15) is 26.7 Å². The molecule has 0 spiro atoms. The van der Waals surface area contributed by atoms with Crippen LogP contribution in [0.5, 0.6) is 0 Å². The van der Waals surface area contributed by atoms with Crippen LogP contribution >= 0.6 is 15.9 Å². The highest BCUT2D eigenvalue weighted by Gasteiger charge is 2.59. The maximum Gasteiger partial charge on any atom is 0.191 e. The maximum absolute atomic E-state index is 5.91. The first kappa shape index (κ1) is 18.1. The number of halogens is 1. The van der Waals surface area contributed by atoms with Crippen LogP contribution in [0.15, 0.2) is 33.7 Å². The molecule has 2 heterocycles. The van der Waals surface area contributed by atoms with Crippen molar-refractivity contribution in [2.45, 2.75) is 44.9 Å². The van der Waals surface area contributed by atoms with Gasteiger partial charge < -0.3 is 20.3 Å². The molecular formula is C20H29BrN4O. The Bertz CT molecular complexity index is 692. The molecule has 1 aromatic carbocycles. The lowest BCUT2D eigenvalue weighted by molar-refractivity contribution is -0.106. The molecule has 4 atom stereocenters. The van der Waals surface area contributed by atoms with Gasteiger partial charge in [-0.15, -0.1) is 0 Å². The van der Waals surface area contributed by atoms with Gasteiger partial charge in [0.05, 0.1) is 11.8 Å². The molecule has 1 aliphatic carbocycles. The minimum absolute atomic E-state index is 0.162. The summed E-state index contributed by atoms with van der Waals surface area (Å²) in [7, 11) is 1.87. The quantitative estimate of drug-likeness (QED) is 0.582. The maximum atomic E-state index is 5.91. The van der Waals surface area contributed by atoms with Gasteiger partial charge in [-0.2, -0.15) is 0 Å². The summed E-state index contributed by atoms with van der Waals surface area (Å²) in [5.74, 6) is 1.54. The van der Waals surface area contributed by atoms with Crippen molar-refractivity contribution >= 4 is 27.6 Å². The number of ether oxygens (including phenoxy) is 1. The number of para-hydroxylation sites is 1. The van der Waals surface area contributed by atoms with Crippen LogP contribution in [0.4, 0.5) is 5.69 Å². The number of rotatable bonds is 3. The van der Waals surface area contributed by atoms with Crippen molar-refractivity contribution < 1.29 is 4.74 Å². The second kappa shape index (κ2) is 7.04. The molecule has 4 unspecified atom stereocenters. The molecule has 142 valence electrons. The summed E-state index contributed by atoms with van der Waals surface area (Å²) < 4.78 is 7.07. The largest absolute Gasteiger partial charge is 0.377 e. The molecule has 2 saturated heterocycles. The van der Waals surface area contributed by atoms with Gasteiger partial charge in [-0.25, -0.2) is 0 Å². The fourth-order valence-corrected chi connectivity index (χ4v) is 5.47. The number of hydrogen-bond acceptors (Lipinski definition) is 3. The summed E-state index contributed by atoms with van der Waals surface area (Å²) in [5.41, 5.74) is 1.43. The highest BCUT2D eigenvalue weighted by atomic mass is 79.9. The van der Waals surface area contributed by atoms with Crippen LogP contribution < -0.4 is 15.5 Å². The van der Waals surface area contributed by atoms with E-state index in [1.54, 1.807) is 0 Å². The number of nitrogens with zero attached hydrogens (tertiary/aromatic N) is 2. The minimum atomic E-state index is 0.162. The molecule has 3 fully saturated rings. The Morgan fingerprint density at radius 3 is 2.85 bits per heavy atom. The summed E-state index contributed by atoms with van der Waals surface area (Å²) in [6, 6.07) is 9.28. The predicted octanol–water partition coefficient (Wildman–Crippen LogP) is 3.01. The van der Waals surface area contributed by atoms with Crippen molar-refractivity contribution in [3.63, 3.8) is 0 Å². The normalized spacial score (nSPS) is 32.9. The smallest absolute Gasteiger partial charge is 0.191 e. The van der Waals surface area contributed by atoms with E-state index in [1.165, 1.54) is 5.69 Å². The summed E-state index contributed by atoms with van der Waals surface area (Å²) >= 11 is 3.67. The van der Waals surface area contributed by atoms with Gasteiger partial charge in [0, 0.05) is 54.6 Å². The lowest BCUT2D eigenvalue weighted by Gasteiger charge is -2.55. The van der Waals surface area contributed by atoms with Gasteiger partial charge in [-0.1, -0.05) is 26.0 Å². The Balaban J connectivity index is 1.36. The van der Waals surface area contributed by atoms with Crippen molar-refractivity contribution in [1.29, 1.82) is 0 Å². The lowest BCUT2D eigenvalue weighted by atomic mass is 9.57. The number of benzene rings is 1. The van der Waals surface area contributed by atoms with Crippen LogP contribution in [-0.2, 0) is 4.74 Å². The van der Waals surface area contributed by atoms with E-state index < -0.39 is 0 Å². The average Bonchev–Trinajstić information content (AvgIpc) is 3.27. The van der Waals surface area contributed by atoms with E-state index in [0.29, 0.717) is 24.1 Å².